The van der Waals surface area contributed by atoms with Crippen molar-refractivity contribution in [3.05, 3.63) is 26.9 Å². The Morgan fingerprint density at radius 3 is 2.60 bits per heavy atom. The van der Waals surface area contributed by atoms with E-state index in [2.05, 4.69) is 37.2 Å². The number of hydrogen-bond acceptors (Lipinski definition) is 8. The van der Waals surface area contributed by atoms with Crippen LogP contribution in [0.3, 0.4) is 0 Å². The van der Waals surface area contributed by atoms with Crippen LogP contribution in [0, 0.1) is 11.3 Å². The fourth-order valence-electron chi connectivity index (χ4n) is 3.64. The number of carbonyl (C=O) groups is 1. The molecule has 2 aliphatic carbocycles. The van der Waals surface area contributed by atoms with Gasteiger partial charge in [0.05, 0.1) is 22.0 Å². The maximum absolute atomic E-state index is 13.8. The average molecular weight is 598 g/mol. The van der Waals surface area contributed by atoms with Gasteiger partial charge in [0.15, 0.2) is 27.0 Å². The Morgan fingerprint density at radius 1 is 1.34 bits per heavy atom. The summed E-state index contributed by atoms with van der Waals surface area (Å²) < 4.78 is 22.9. The number of carbonyl (C=O) groups excluding carboxylic acids is 1. The van der Waals surface area contributed by atoms with Gasteiger partial charge in [0.1, 0.15) is 16.0 Å². The molecule has 2 aliphatic rings. The number of halogens is 2. The second-order valence-electron chi connectivity index (χ2n) is 10.1. The molecule has 0 radical (unpaired) electrons. The van der Waals surface area contributed by atoms with E-state index in [9.17, 15) is 14.3 Å². The summed E-state index contributed by atoms with van der Waals surface area (Å²) in [5, 5.41) is 19.4. The molecule has 0 saturated heterocycles. The predicted molar refractivity (Wildman–Crippen MR) is 135 cm³/mol. The molecule has 5 rings (SSSR count). The van der Waals surface area contributed by atoms with E-state index < -0.39 is 33.6 Å². The normalized spacial score (nSPS) is 18.7. The van der Waals surface area contributed by atoms with Gasteiger partial charge in [0, 0.05) is 10.7 Å². The zero-order valence-electron chi connectivity index (χ0n) is 19.5. The highest BCUT2D eigenvalue weighted by Crippen LogP contribution is 2.49. The first kappa shape index (κ1) is 24.6. The van der Waals surface area contributed by atoms with Gasteiger partial charge < -0.3 is 4.74 Å². The average Bonchev–Trinajstić information content (AvgIpc) is 3.63. The second-order valence-corrected chi connectivity index (χ2v) is 13.6. The lowest BCUT2D eigenvalue weighted by Gasteiger charge is -2.30. The lowest BCUT2D eigenvalue weighted by Crippen LogP contribution is -2.44. The lowest BCUT2D eigenvalue weighted by atomic mass is 10.1. The number of hydrogen-bond donors (Lipinski definition) is 0. The minimum absolute atomic E-state index is 0.237. The van der Waals surface area contributed by atoms with Gasteiger partial charge in [-0.25, -0.2) is 18.3 Å². The van der Waals surface area contributed by atoms with Crippen molar-refractivity contribution in [3.8, 4) is 16.9 Å². The topological polar surface area (TPSA) is 113 Å². The molecule has 1 atom stereocenters. The molecule has 9 nitrogen and oxygen atoms in total. The molecule has 3 aromatic rings. The highest BCUT2D eigenvalue weighted by Gasteiger charge is 2.51. The maximum atomic E-state index is 13.8. The number of ether oxygens (including phenoxy) is 1. The number of aromatic nitrogens is 4. The molecule has 0 N–H and O–H groups in total. The third kappa shape index (κ3) is 4.37. The van der Waals surface area contributed by atoms with Crippen LogP contribution in [-0.2, 0) is 21.1 Å². The fourth-order valence-corrected chi connectivity index (χ4v) is 7.21. The number of rotatable bonds is 5. The molecule has 0 spiro atoms. The largest absolute Gasteiger partial charge is 0.443 e. The fraction of sp³-hybridized carbons (Fsp3) is 0.500. The summed E-state index contributed by atoms with van der Waals surface area (Å²) in [6.07, 6.45) is 4.00. The molecule has 184 valence electrons. The van der Waals surface area contributed by atoms with Crippen molar-refractivity contribution < 1.29 is 13.7 Å². The smallest absolute Gasteiger partial charge is 0.423 e. The number of amides is 1. The van der Waals surface area contributed by atoms with Gasteiger partial charge in [0.25, 0.3) is 0 Å². The van der Waals surface area contributed by atoms with Crippen LogP contribution >= 0.6 is 38.9 Å². The molecular weight excluding hydrogens is 576 g/mol. The van der Waals surface area contributed by atoms with Gasteiger partial charge in [-0.2, -0.15) is 5.26 Å². The standard InChI is InChI=1S/C22H22BrClN6O3S2/c1-20(2,3)33-19(31)30(21(4)5-6-21)35(32)12-9-13(23)14-15(24)26-16(29(14)10-12)17-27-28-18(34-17)22(11-25)7-8-22/h9-10H,5-8H2,1-4H3. The number of nitriles is 1. The van der Waals surface area contributed by atoms with Gasteiger partial charge in [-0.3, -0.25) is 4.40 Å². The molecule has 2 saturated carbocycles. The Kier molecular flexibility index (Phi) is 5.79. The van der Waals surface area contributed by atoms with Gasteiger partial charge in [-0.15, -0.1) is 10.2 Å². The highest BCUT2D eigenvalue weighted by atomic mass is 79.9. The quantitative estimate of drug-likeness (QED) is 0.374. The summed E-state index contributed by atoms with van der Waals surface area (Å²) in [6, 6.07) is 4.00. The zero-order valence-corrected chi connectivity index (χ0v) is 23.4. The third-order valence-electron chi connectivity index (χ3n) is 6.00. The van der Waals surface area contributed by atoms with Crippen molar-refractivity contribution in [2.45, 2.75) is 74.8 Å². The summed E-state index contributed by atoms with van der Waals surface area (Å²) in [5.41, 5.74) is -1.26. The van der Waals surface area contributed by atoms with Crippen LogP contribution in [0.5, 0.6) is 0 Å². The second kappa shape index (κ2) is 8.23. The van der Waals surface area contributed by atoms with Crippen LogP contribution in [0.4, 0.5) is 4.79 Å². The van der Waals surface area contributed by atoms with Crippen molar-refractivity contribution in [3.63, 3.8) is 0 Å². The Morgan fingerprint density at radius 2 is 2.03 bits per heavy atom. The highest BCUT2D eigenvalue weighted by molar-refractivity contribution is 9.10. The Hall–Kier alpha value is -2.07. The number of fused-ring (bicyclic) bond motifs is 1. The summed E-state index contributed by atoms with van der Waals surface area (Å²) in [5.74, 6) is 0.420. The van der Waals surface area contributed by atoms with Gasteiger partial charge in [0.2, 0.25) is 0 Å². The van der Waals surface area contributed by atoms with Gasteiger partial charge >= 0.3 is 6.09 Å². The summed E-state index contributed by atoms with van der Waals surface area (Å²) >= 11 is 11.3. The molecule has 1 amide bonds. The molecule has 0 aliphatic heterocycles. The van der Waals surface area contributed by atoms with Crippen molar-refractivity contribution in [2.24, 2.45) is 0 Å². The van der Waals surface area contributed by atoms with Crippen LogP contribution in [0.15, 0.2) is 21.6 Å². The molecule has 0 bridgehead atoms. The van der Waals surface area contributed by atoms with Crippen LogP contribution in [-0.4, -0.2) is 45.3 Å². The summed E-state index contributed by atoms with van der Waals surface area (Å²) in [4.78, 5) is 17.9. The van der Waals surface area contributed by atoms with Crippen molar-refractivity contribution in [2.75, 3.05) is 0 Å². The molecule has 35 heavy (non-hydrogen) atoms. The first-order valence-corrected chi connectivity index (χ1v) is 14.0. The number of nitrogens with zero attached hydrogens (tertiary/aromatic N) is 6. The molecular formula is C22H22BrClN6O3S2. The SMILES string of the molecule is CC(C)(C)OC(=O)N(S(=O)c1cc(Br)c2c(Cl)nc(-c3nnc(C4(C#N)CC4)s3)n2c1)C1(C)CC1. The number of imidazole rings is 1. The molecule has 0 aromatic carbocycles. The summed E-state index contributed by atoms with van der Waals surface area (Å²) in [7, 11) is -1.85. The lowest BCUT2D eigenvalue weighted by molar-refractivity contribution is 0.0340. The predicted octanol–water partition coefficient (Wildman–Crippen LogP) is 5.64. The molecule has 1 unspecified atom stereocenters. The van der Waals surface area contributed by atoms with E-state index in [1.54, 1.807) is 37.4 Å². The molecule has 13 heteroatoms. The van der Waals surface area contributed by atoms with Gasteiger partial charge in [-0.05, 0) is 75.4 Å². The van der Waals surface area contributed by atoms with Crippen molar-refractivity contribution in [1.29, 1.82) is 5.26 Å². The Labute approximate surface area is 222 Å². The van der Waals surface area contributed by atoms with E-state index in [4.69, 9.17) is 16.3 Å². The Bertz CT molecular complexity index is 1430. The van der Waals surface area contributed by atoms with Crippen molar-refractivity contribution in [1.82, 2.24) is 23.9 Å². The monoisotopic (exact) mass is 596 g/mol. The molecule has 2 fully saturated rings. The Balaban J connectivity index is 1.57. The molecule has 3 heterocycles. The van der Waals surface area contributed by atoms with Crippen LogP contribution in [0.2, 0.25) is 5.15 Å². The minimum Gasteiger partial charge on any atom is -0.443 e. The van der Waals surface area contributed by atoms with Crippen LogP contribution in [0.25, 0.3) is 16.3 Å². The van der Waals surface area contributed by atoms with E-state index >= 15 is 0 Å². The van der Waals surface area contributed by atoms with E-state index in [1.807, 2.05) is 6.92 Å². The van der Waals surface area contributed by atoms with E-state index in [-0.39, 0.29) is 5.15 Å². The number of pyridine rings is 1. The van der Waals surface area contributed by atoms with E-state index in [1.165, 1.54) is 15.6 Å². The van der Waals surface area contributed by atoms with E-state index in [0.717, 1.165) is 25.7 Å². The van der Waals surface area contributed by atoms with E-state index in [0.29, 0.717) is 30.7 Å². The first-order chi connectivity index (χ1) is 16.4. The summed E-state index contributed by atoms with van der Waals surface area (Å²) in [6.45, 7) is 7.22. The zero-order chi connectivity index (χ0) is 25.3. The van der Waals surface area contributed by atoms with Gasteiger partial charge in [-0.1, -0.05) is 22.9 Å². The third-order valence-corrected chi connectivity index (χ3v) is 9.54. The van der Waals surface area contributed by atoms with Crippen LogP contribution in [0.1, 0.15) is 58.4 Å². The van der Waals surface area contributed by atoms with Crippen LogP contribution < -0.4 is 0 Å². The minimum atomic E-state index is -1.85. The van der Waals surface area contributed by atoms with Crippen molar-refractivity contribution >= 4 is 61.5 Å². The first-order valence-electron chi connectivity index (χ1n) is 11.0. The molecule has 3 aromatic heterocycles. The maximum Gasteiger partial charge on any atom is 0.423 e.